The molecule has 1 aliphatic heterocycles. The third-order valence-electron chi connectivity index (χ3n) is 2.22. The number of aromatic carboxylic acids is 1. The molecule has 1 unspecified atom stereocenters. The molecule has 0 aliphatic carbocycles. The number of rotatable bonds is 1. The zero-order valence-corrected chi connectivity index (χ0v) is 8.94. The van der Waals surface area contributed by atoms with E-state index in [0.29, 0.717) is 5.56 Å². The van der Waals surface area contributed by atoms with E-state index in [1.807, 2.05) is 6.07 Å². The van der Waals surface area contributed by atoms with Crippen molar-refractivity contribution in [3.8, 4) is 0 Å². The summed E-state index contributed by atoms with van der Waals surface area (Å²) in [6, 6.07) is 5.16. The van der Waals surface area contributed by atoms with E-state index in [-0.39, 0.29) is 5.38 Å². The van der Waals surface area contributed by atoms with E-state index in [9.17, 15) is 4.79 Å². The largest absolute Gasteiger partial charge is 0.478 e. The van der Waals surface area contributed by atoms with Crippen LogP contribution < -0.4 is 0 Å². The molecule has 14 heavy (non-hydrogen) atoms. The van der Waals surface area contributed by atoms with E-state index in [0.717, 1.165) is 22.6 Å². The molecule has 1 aromatic carbocycles. The lowest BCUT2D eigenvalue weighted by atomic mass is 10.1. The van der Waals surface area contributed by atoms with Gasteiger partial charge in [0.1, 0.15) is 0 Å². The molecule has 1 aromatic rings. The van der Waals surface area contributed by atoms with Gasteiger partial charge in [-0.2, -0.15) is 0 Å². The van der Waals surface area contributed by atoms with Crippen molar-refractivity contribution < 1.29 is 9.90 Å². The number of carboxylic acids is 1. The van der Waals surface area contributed by atoms with Gasteiger partial charge in [0.15, 0.2) is 0 Å². The van der Waals surface area contributed by atoms with Crippen LogP contribution in [0.2, 0.25) is 0 Å². The summed E-state index contributed by atoms with van der Waals surface area (Å²) >= 11 is 7.85. The summed E-state index contributed by atoms with van der Waals surface area (Å²) in [5, 5.41) is 8.79. The summed E-state index contributed by atoms with van der Waals surface area (Å²) in [7, 11) is 0. The number of thioether (sulfide) groups is 1. The summed E-state index contributed by atoms with van der Waals surface area (Å²) in [5.41, 5.74) is 1.28. The molecular weight excluding hydrogens is 220 g/mol. The molecule has 0 saturated heterocycles. The number of fused-ring (bicyclic) bond motifs is 1. The maximum absolute atomic E-state index is 10.7. The van der Waals surface area contributed by atoms with Gasteiger partial charge in [-0.3, -0.25) is 0 Å². The molecule has 1 N–H and O–H groups in total. The second-order valence-corrected chi connectivity index (χ2v) is 4.83. The van der Waals surface area contributed by atoms with Gasteiger partial charge in [-0.15, -0.1) is 23.4 Å². The Morgan fingerprint density at radius 3 is 3.07 bits per heavy atom. The molecular formula is C10H9ClO2S. The van der Waals surface area contributed by atoms with E-state index >= 15 is 0 Å². The summed E-state index contributed by atoms with van der Waals surface area (Å²) in [4.78, 5) is 11.9. The van der Waals surface area contributed by atoms with E-state index in [1.54, 1.807) is 23.9 Å². The van der Waals surface area contributed by atoms with Crippen LogP contribution >= 0.6 is 23.4 Å². The predicted octanol–water partition coefficient (Wildman–Crippen LogP) is 3.16. The highest BCUT2D eigenvalue weighted by Gasteiger charge is 2.19. The van der Waals surface area contributed by atoms with Gasteiger partial charge in [0.2, 0.25) is 0 Å². The number of hydrogen-bond donors (Lipinski definition) is 1. The zero-order chi connectivity index (χ0) is 10.1. The van der Waals surface area contributed by atoms with Crippen molar-refractivity contribution in [3.63, 3.8) is 0 Å². The van der Waals surface area contributed by atoms with Gasteiger partial charge in [0.05, 0.1) is 10.9 Å². The van der Waals surface area contributed by atoms with Gasteiger partial charge < -0.3 is 5.11 Å². The smallest absolute Gasteiger partial charge is 0.335 e. The van der Waals surface area contributed by atoms with Crippen LogP contribution in [0.4, 0.5) is 0 Å². The molecule has 0 spiro atoms. The third-order valence-corrected chi connectivity index (χ3v) is 3.80. The SMILES string of the molecule is O=C(O)c1ccc2c(c1)C(Cl)CCS2. The molecule has 0 radical (unpaired) electrons. The molecule has 2 nitrogen and oxygen atoms in total. The van der Waals surface area contributed by atoms with Crippen LogP contribution in [0.5, 0.6) is 0 Å². The lowest BCUT2D eigenvalue weighted by Crippen LogP contribution is -2.05. The fraction of sp³-hybridized carbons (Fsp3) is 0.300. The van der Waals surface area contributed by atoms with Crippen molar-refractivity contribution in [1.82, 2.24) is 0 Å². The van der Waals surface area contributed by atoms with E-state index < -0.39 is 5.97 Å². The molecule has 0 bridgehead atoms. The van der Waals surface area contributed by atoms with Crippen LogP contribution in [-0.4, -0.2) is 16.8 Å². The number of halogens is 1. The highest BCUT2D eigenvalue weighted by Crippen LogP contribution is 2.39. The predicted molar refractivity (Wildman–Crippen MR) is 57.3 cm³/mol. The summed E-state index contributed by atoms with van der Waals surface area (Å²) in [6.07, 6.45) is 0.905. The standard InChI is InChI=1S/C10H9ClO2S/c11-8-3-4-14-9-2-1-6(10(12)13)5-7(8)9/h1-2,5,8H,3-4H2,(H,12,13). The molecule has 0 saturated carbocycles. The molecule has 1 atom stereocenters. The van der Waals surface area contributed by atoms with Crippen molar-refractivity contribution in [3.05, 3.63) is 29.3 Å². The normalized spacial score (nSPS) is 20.2. The molecule has 4 heteroatoms. The summed E-state index contributed by atoms with van der Waals surface area (Å²) in [5.74, 6) is 0.111. The number of benzene rings is 1. The highest BCUT2D eigenvalue weighted by atomic mass is 35.5. The Bertz CT molecular complexity index is 378. The maximum atomic E-state index is 10.7. The first kappa shape index (κ1) is 9.87. The monoisotopic (exact) mass is 228 g/mol. The summed E-state index contributed by atoms with van der Waals surface area (Å²) < 4.78 is 0. The van der Waals surface area contributed by atoms with Crippen molar-refractivity contribution >= 4 is 29.3 Å². The average molecular weight is 229 g/mol. The second-order valence-electron chi connectivity index (χ2n) is 3.16. The van der Waals surface area contributed by atoms with Crippen LogP contribution in [0.25, 0.3) is 0 Å². The minimum Gasteiger partial charge on any atom is -0.478 e. The Labute approximate surface area is 91.3 Å². The fourth-order valence-corrected chi connectivity index (χ4v) is 3.07. The minimum atomic E-state index is -0.896. The Kier molecular flexibility index (Phi) is 2.70. The molecule has 0 aromatic heterocycles. The quantitative estimate of drug-likeness (QED) is 0.751. The minimum absolute atomic E-state index is 0.0365. The average Bonchev–Trinajstić information content (AvgIpc) is 2.18. The van der Waals surface area contributed by atoms with Crippen molar-refractivity contribution in [2.45, 2.75) is 16.7 Å². The first-order valence-corrected chi connectivity index (χ1v) is 5.75. The van der Waals surface area contributed by atoms with Gasteiger partial charge in [-0.1, -0.05) is 0 Å². The Balaban J connectivity index is 2.45. The third kappa shape index (κ3) is 1.74. The van der Waals surface area contributed by atoms with Gasteiger partial charge >= 0.3 is 5.97 Å². The molecule has 0 fully saturated rings. The molecule has 1 heterocycles. The van der Waals surface area contributed by atoms with Gasteiger partial charge in [0, 0.05) is 4.90 Å². The van der Waals surface area contributed by atoms with Crippen molar-refractivity contribution in [1.29, 1.82) is 0 Å². The highest BCUT2D eigenvalue weighted by molar-refractivity contribution is 7.99. The van der Waals surface area contributed by atoms with Crippen LogP contribution in [0.1, 0.15) is 27.7 Å². The van der Waals surface area contributed by atoms with Crippen LogP contribution in [0.15, 0.2) is 23.1 Å². The topological polar surface area (TPSA) is 37.3 Å². The van der Waals surface area contributed by atoms with Gasteiger partial charge in [0.25, 0.3) is 0 Å². The van der Waals surface area contributed by atoms with Gasteiger partial charge in [-0.05, 0) is 35.9 Å². The summed E-state index contributed by atoms with van der Waals surface area (Å²) in [6.45, 7) is 0. The molecule has 2 rings (SSSR count). The number of alkyl halides is 1. The van der Waals surface area contributed by atoms with E-state index in [2.05, 4.69) is 0 Å². The van der Waals surface area contributed by atoms with Crippen LogP contribution in [0.3, 0.4) is 0 Å². The number of carboxylic acid groups (broad SMARTS) is 1. The van der Waals surface area contributed by atoms with Crippen molar-refractivity contribution in [2.24, 2.45) is 0 Å². The van der Waals surface area contributed by atoms with Crippen molar-refractivity contribution in [2.75, 3.05) is 5.75 Å². The van der Waals surface area contributed by atoms with Gasteiger partial charge in [-0.25, -0.2) is 4.79 Å². The lowest BCUT2D eigenvalue weighted by Gasteiger charge is -2.20. The number of carbonyl (C=O) groups is 1. The number of hydrogen-bond acceptors (Lipinski definition) is 2. The van der Waals surface area contributed by atoms with E-state index in [4.69, 9.17) is 16.7 Å². The fourth-order valence-electron chi connectivity index (χ4n) is 1.49. The molecule has 1 aliphatic rings. The van der Waals surface area contributed by atoms with E-state index in [1.165, 1.54) is 0 Å². The molecule has 0 amide bonds. The van der Waals surface area contributed by atoms with Crippen LogP contribution in [-0.2, 0) is 0 Å². The lowest BCUT2D eigenvalue weighted by molar-refractivity contribution is 0.0696. The maximum Gasteiger partial charge on any atom is 0.335 e. The van der Waals surface area contributed by atoms with Crippen LogP contribution in [0, 0.1) is 0 Å². The Morgan fingerprint density at radius 2 is 2.36 bits per heavy atom. The first-order valence-electron chi connectivity index (χ1n) is 4.32. The zero-order valence-electron chi connectivity index (χ0n) is 7.37. The molecule has 74 valence electrons. The Morgan fingerprint density at radius 1 is 1.57 bits per heavy atom. The Hall–Kier alpha value is -0.670. The second kappa shape index (κ2) is 3.83. The first-order chi connectivity index (χ1) is 6.68.